The van der Waals surface area contributed by atoms with E-state index in [4.69, 9.17) is 8.83 Å². The monoisotopic (exact) mass is 1830 g/mol. The Morgan fingerprint density at radius 2 is 0.380 bits per heavy atom. The van der Waals surface area contributed by atoms with Crippen molar-refractivity contribution in [3.8, 4) is 66.8 Å². The van der Waals surface area contributed by atoms with Crippen LogP contribution in [0.4, 0.5) is 51.2 Å². The smallest absolute Gasteiger partial charge is 0.137 e. The van der Waals surface area contributed by atoms with E-state index in [1.807, 2.05) is 35.6 Å². The molecule has 0 N–H and O–H groups in total. The predicted molar refractivity (Wildman–Crippen MR) is 606 cm³/mol. The molecule has 0 aliphatic carbocycles. The second-order valence-corrected chi connectivity index (χ2v) is 37.6. The Bertz CT molecular complexity index is 9300. The van der Waals surface area contributed by atoms with Crippen LogP contribution in [0.1, 0.15) is 0 Å². The zero-order chi connectivity index (χ0) is 93.9. The molecule has 28 aromatic rings. The van der Waals surface area contributed by atoms with Crippen LogP contribution in [0.25, 0.3) is 206 Å². The average molecular weight is 1830 g/mol. The van der Waals surface area contributed by atoms with Crippen molar-refractivity contribution < 1.29 is 8.83 Å². The molecule has 0 saturated carbocycles. The summed E-state index contributed by atoms with van der Waals surface area (Å²) in [5.41, 5.74) is 28.1. The zero-order valence-corrected chi connectivity index (χ0v) is 78.3. The van der Waals surface area contributed by atoms with Crippen molar-refractivity contribution in [1.82, 2.24) is 0 Å². The molecule has 142 heavy (non-hydrogen) atoms. The number of fused-ring (bicyclic) bond motifs is 19. The molecule has 0 aliphatic rings. The quantitative estimate of drug-likeness (QED) is 0.0956. The Balaban J connectivity index is 0.000000109. The lowest BCUT2D eigenvalue weighted by molar-refractivity contribution is 0.668. The van der Waals surface area contributed by atoms with Gasteiger partial charge >= 0.3 is 0 Å². The predicted octanol–water partition coefficient (Wildman–Crippen LogP) is 39.7. The summed E-state index contributed by atoms with van der Waals surface area (Å²) in [6.45, 7) is 0. The molecular formula is C136H89N3O2S. The van der Waals surface area contributed by atoms with E-state index < -0.39 is 0 Å². The van der Waals surface area contributed by atoms with Crippen molar-refractivity contribution in [3.05, 3.63) is 540 Å². The summed E-state index contributed by atoms with van der Waals surface area (Å²) in [5.74, 6) is 0. The van der Waals surface area contributed by atoms with Gasteiger partial charge in [-0.05, 0) is 288 Å². The van der Waals surface area contributed by atoms with Gasteiger partial charge in [-0.15, -0.1) is 11.3 Å². The minimum atomic E-state index is 0.877. The van der Waals surface area contributed by atoms with Gasteiger partial charge < -0.3 is 23.5 Å². The first kappa shape index (κ1) is 84.1. The summed E-state index contributed by atoms with van der Waals surface area (Å²) in [7, 11) is 0. The molecule has 6 heteroatoms. The van der Waals surface area contributed by atoms with Crippen molar-refractivity contribution in [1.29, 1.82) is 0 Å². The normalized spacial score (nSPS) is 11.5. The average Bonchev–Trinajstić information content (AvgIpc) is 1.41. The largest absolute Gasteiger partial charge is 0.456 e. The topological polar surface area (TPSA) is 36.0 Å². The fourth-order valence-electron chi connectivity index (χ4n) is 21.1. The Kier molecular flexibility index (Phi) is 21.4. The van der Waals surface area contributed by atoms with Gasteiger partial charge in [0.15, 0.2) is 0 Å². The van der Waals surface area contributed by atoms with Crippen LogP contribution in [0.5, 0.6) is 0 Å². The lowest BCUT2D eigenvalue weighted by Gasteiger charge is -2.26. The number of benzene rings is 25. The molecule has 666 valence electrons. The summed E-state index contributed by atoms with van der Waals surface area (Å²) in [4.78, 5) is 7.05. The summed E-state index contributed by atoms with van der Waals surface area (Å²) >= 11 is 1.86. The van der Waals surface area contributed by atoms with Crippen LogP contribution < -0.4 is 14.7 Å². The molecule has 0 spiro atoms. The number of thiophene rings is 1. The van der Waals surface area contributed by atoms with Crippen LogP contribution in [-0.4, -0.2) is 0 Å². The molecule has 0 radical (unpaired) electrons. The summed E-state index contributed by atoms with van der Waals surface area (Å²) in [5, 5.41) is 24.5. The van der Waals surface area contributed by atoms with Crippen molar-refractivity contribution in [2.75, 3.05) is 14.7 Å². The third kappa shape index (κ3) is 15.9. The first-order chi connectivity index (χ1) is 70.3. The number of furan rings is 2. The lowest BCUT2D eigenvalue weighted by atomic mass is 9.97. The van der Waals surface area contributed by atoms with Gasteiger partial charge in [0.25, 0.3) is 0 Å². The second-order valence-electron chi connectivity index (χ2n) is 36.6. The van der Waals surface area contributed by atoms with Gasteiger partial charge in [0.1, 0.15) is 22.3 Å². The Morgan fingerprint density at radius 3 is 0.775 bits per heavy atom. The van der Waals surface area contributed by atoms with Crippen LogP contribution in [0.3, 0.4) is 0 Å². The SMILES string of the molecule is c1ccc(-c2ccc(N(c3ccc4c(ccc5cc(-c6ccccc6)ccc54)c3)c3ccc4c(c3)oc3ccccc34)cc2)cc1.c1ccc(-c2ccc(N(c3ccc4c(ccc5cc(-c6ccccc6)ccc54)c3)c3ccc4c(c3)sc3ccccc34)cc2)cc1.c1ccc(-c2ccc3c(ccc4cc(N(c5ccc(-c6cccc7ccccc67)cc5)c5ccc6c(c5)oc5ccccc56)ccc43)c2)cc1. The zero-order valence-electron chi connectivity index (χ0n) is 77.5. The number of anilines is 9. The maximum atomic E-state index is 6.37. The molecule has 0 amide bonds. The molecule has 0 fully saturated rings. The van der Waals surface area contributed by atoms with Crippen LogP contribution >= 0.6 is 11.3 Å². The molecule has 3 heterocycles. The molecule has 0 bridgehead atoms. The molecule has 0 saturated heterocycles. The molecule has 3 aromatic heterocycles. The van der Waals surface area contributed by atoms with Gasteiger partial charge in [-0.25, -0.2) is 0 Å². The molecule has 28 rings (SSSR count). The van der Waals surface area contributed by atoms with E-state index in [9.17, 15) is 0 Å². The van der Waals surface area contributed by atoms with Gasteiger partial charge in [-0.3, -0.25) is 0 Å². The fourth-order valence-corrected chi connectivity index (χ4v) is 22.2. The van der Waals surface area contributed by atoms with E-state index >= 15 is 0 Å². The van der Waals surface area contributed by atoms with Gasteiger partial charge in [0, 0.05) is 105 Å². The van der Waals surface area contributed by atoms with Gasteiger partial charge in [0.2, 0.25) is 0 Å². The number of para-hydroxylation sites is 2. The highest BCUT2D eigenvalue weighted by Gasteiger charge is 2.23. The minimum absolute atomic E-state index is 0.877. The van der Waals surface area contributed by atoms with Crippen molar-refractivity contribution in [2.45, 2.75) is 0 Å². The Hall–Kier alpha value is -18.5. The van der Waals surface area contributed by atoms with E-state index in [-0.39, 0.29) is 0 Å². The second kappa shape index (κ2) is 36.2. The molecule has 0 atom stereocenters. The number of hydrogen-bond acceptors (Lipinski definition) is 6. The standard InChI is InChI=1S/C48H31NO.C44H29NO.C44H29NS/c1-2-9-32(10-3-1)35-21-26-43-36(29-35)17-18-37-30-39(24-27-44(37)43)49(40-25-28-46-45-14-6-7-16-47(45)50-48(46)31-40)38-22-19-34(20-23-38)42-15-8-12-33-11-4-5-13-41(33)42;2*1-3-9-30(10-4-1)32-17-20-36(21-18-32)45(38-23-26-42-41-13-7-8-14-43(41)46-44(42)29-38)37-22-25-40-35(28-37)16-15-34-27-33(19-24-39(34)40)31-11-5-2-6-12-31/h1-31H;2*1-29H. The van der Waals surface area contributed by atoms with Gasteiger partial charge in [-0.2, -0.15) is 0 Å². The van der Waals surface area contributed by atoms with Crippen molar-refractivity contribution >= 4 is 202 Å². The third-order valence-corrected chi connectivity index (χ3v) is 29.2. The highest BCUT2D eigenvalue weighted by Crippen LogP contribution is 2.48. The first-order valence-electron chi connectivity index (χ1n) is 48.4. The summed E-state index contributed by atoms with van der Waals surface area (Å²) in [6, 6.07) is 194. The van der Waals surface area contributed by atoms with E-state index in [1.165, 1.54) is 162 Å². The summed E-state index contributed by atoms with van der Waals surface area (Å²) in [6.07, 6.45) is 0. The first-order valence-corrected chi connectivity index (χ1v) is 49.2. The van der Waals surface area contributed by atoms with E-state index in [0.717, 1.165) is 95.1 Å². The van der Waals surface area contributed by atoms with Crippen LogP contribution in [0, 0.1) is 0 Å². The maximum absolute atomic E-state index is 6.37. The third-order valence-electron chi connectivity index (χ3n) is 28.1. The van der Waals surface area contributed by atoms with E-state index in [0.29, 0.717) is 0 Å². The fraction of sp³-hybridized carbons (Fsp3) is 0. The number of nitrogens with zero attached hydrogens (tertiary/aromatic N) is 3. The molecule has 5 nitrogen and oxygen atoms in total. The highest BCUT2D eigenvalue weighted by molar-refractivity contribution is 7.25. The van der Waals surface area contributed by atoms with Crippen LogP contribution in [0.15, 0.2) is 549 Å². The summed E-state index contributed by atoms with van der Waals surface area (Å²) < 4.78 is 15.3. The number of rotatable bonds is 15. The molecule has 0 aliphatic heterocycles. The Morgan fingerprint density at radius 1 is 0.127 bits per heavy atom. The van der Waals surface area contributed by atoms with Crippen LogP contribution in [0.2, 0.25) is 0 Å². The van der Waals surface area contributed by atoms with Crippen molar-refractivity contribution in [3.63, 3.8) is 0 Å². The maximum Gasteiger partial charge on any atom is 0.137 e. The van der Waals surface area contributed by atoms with E-state index in [2.05, 4.69) is 530 Å². The molecular weight excluding hydrogens is 1740 g/mol. The lowest BCUT2D eigenvalue weighted by Crippen LogP contribution is -2.09. The van der Waals surface area contributed by atoms with Gasteiger partial charge in [-0.1, -0.05) is 382 Å². The molecule has 25 aromatic carbocycles. The van der Waals surface area contributed by atoms with Gasteiger partial charge in [0.05, 0.1) is 0 Å². The number of hydrogen-bond donors (Lipinski definition) is 0. The van der Waals surface area contributed by atoms with Crippen LogP contribution in [-0.2, 0) is 0 Å². The highest BCUT2D eigenvalue weighted by atomic mass is 32.1. The van der Waals surface area contributed by atoms with E-state index in [1.54, 1.807) is 0 Å². The van der Waals surface area contributed by atoms with Crippen molar-refractivity contribution in [2.24, 2.45) is 0 Å². The molecule has 0 unspecified atom stereocenters. The Labute approximate surface area is 826 Å². The minimum Gasteiger partial charge on any atom is -0.456 e.